The summed E-state index contributed by atoms with van der Waals surface area (Å²) in [4.78, 5) is 23.9. The van der Waals surface area contributed by atoms with Crippen molar-refractivity contribution in [2.24, 2.45) is 9.98 Å². The number of rotatable bonds is 15. The molecule has 3 aliphatic rings. The van der Waals surface area contributed by atoms with E-state index in [9.17, 15) is 0 Å². The number of halogens is 1. The summed E-state index contributed by atoms with van der Waals surface area (Å²) in [6.45, 7) is 15.4. The number of benzene rings is 4. The maximum atomic E-state index is 5.26. The van der Waals surface area contributed by atoms with Gasteiger partial charge in [-0.15, -0.1) is 11.8 Å². The normalized spacial score (nSPS) is 18.4. The second-order valence-electron chi connectivity index (χ2n) is 16.3. The Kier molecular flexibility index (Phi) is 16.6. The third kappa shape index (κ3) is 12.1. The van der Waals surface area contributed by atoms with Crippen LogP contribution in [-0.4, -0.2) is 39.0 Å². The first-order valence-corrected chi connectivity index (χ1v) is 24.9. The summed E-state index contributed by atoms with van der Waals surface area (Å²) in [6.07, 6.45) is 34.9. The van der Waals surface area contributed by atoms with E-state index in [1.165, 1.54) is 21.6 Å². The van der Waals surface area contributed by atoms with Gasteiger partial charge in [0.2, 0.25) is 0 Å². The van der Waals surface area contributed by atoms with Gasteiger partial charge in [0.1, 0.15) is 12.5 Å². The summed E-state index contributed by atoms with van der Waals surface area (Å²) in [5.74, 6) is 3.28. The highest BCUT2D eigenvalue weighted by Gasteiger charge is 2.22. The molecule has 1 atom stereocenters. The largest absolute Gasteiger partial charge is 0.332 e. The molecular formula is C61H54IN5S. The maximum Gasteiger partial charge on any atom is 0.164 e. The van der Waals surface area contributed by atoms with Gasteiger partial charge in [-0.1, -0.05) is 196 Å². The molecule has 336 valence electrons. The fourth-order valence-corrected chi connectivity index (χ4v) is 9.71. The van der Waals surface area contributed by atoms with Crippen molar-refractivity contribution >= 4 is 74.4 Å². The maximum absolute atomic E-state index is 5.26. The highest BCUT2D eigenvalue weighted by atomic mass is 127. The Labute approximate surface area is 420 Å². The van der Waals surface area contributed by atoms with Gasteiger partial charge in [-0.2, -0.15) is 0 Å². The predicted molar refractivity (Wildman–Crippen MR) is 301 cm³/mol. The molecule has 4 aromatic carbocycles. The van der Waals surface area contributed by atoms with E-state index in [1.54, 1.807) is 12.2 Å². The molecule has 0 saturated heterocycles. The fraction of sp³-hybridized carbons (Fsp3) is 0.115. The molecule has 68 heavy (non-hydrogen) atoms. The van der Waals surface area contributed by atoms with Gasteiger partial charge in [0.15, 0.2) is 11.7 Å². The molecule has 1 aliphatic carbocycles. The van der Waals surface area contributed by atoms with Gasteiger partial charge in [0.25, 0.3) is 0 Å². The molecule has 0 spiro atoms. The summed E-state index contributed by atoms with van der Waals surface area (Å²) in [6, 6.07) is 38.7. The number of aliphatic imine (C=N–C) groups is 2. The van der Waals surface area contributed by atoms with Crippen LogP contribution in [0.15, 0.2) is 239 Å². The molecule has 2 aliphatic heterocycles. The summed E-state index contributed by atoms with van der Waals surface area (Å²) in [5.41, 5.74) is 12.7. The van der Waals surface area contributed by atoms with Crippen LogP contribution in [0, 0.1) is 0 Å². The van der Waals surface area contributed by atoms with Crippen molar-refractivity contribution in [2.75, 3.05) is 12.4 Å². The number of hydrogen-bond acceptors (Lipinski definition) is 6. The van der Waals surface area contributed by atoms with Crippen molar-refractivity contribution in [2.45, 2.75) is 37.1 Å². The highest BCUT2D eigenvalue weighted by Crippen LogP contribution is 2.37. The minimum atomic E-state index is 0.357. The zero-order valence-electron chi connectivity index (χ0n) is 38.4. The lowest BCUT2D eigenvalue weighted by Crippen LogP contribution is -2.35. The molecule has 7 heteroatoms. The predicted octanol–water partition coefficient (Wildman–Crippen LogP) is 15.4. The van der Waals surface area contributed by atoms with Gasteiger partial charge in [-0.05, 0) is 117 Å². The van der Waals surface area contributed by atoms with Crippen molar-refractivity contribution in [3.63, 3.8) is 0 Å². The van der Waals surface area contributed by atoms with E-state index in [0.717, 1.165) is 78.5 Å². The molecule has 8 rings (SSSR count). The molecule has 1 aromatic heterocycles. The number of thioether (sulfide) groups is 1. The lowest BCUT2D eigenvalue weighted by Gasteiger charge is -2.28. The second-order valence-corrected chi connectivity index (χ2v) is 18.5. The van der Waals surface area contributed by atoms with Crippen LogP contribution < -0.4 is 0 Å². The molecule has 5 nitrogen and oxygen atoms in total. The molecule has 0 saturated carbocycles. The second kappa shape index (κ2) is 23.7. The minimum Gasteiger partial charge on any atom is -0.332 e. The Hall–Kier alpha value is -6.94. The zero-order valence-corrected chi connectivity index (χ0v) is 41.4. The number of amidine groups is 2. The van der Waals surface area contributed by atoms with Crippen molar-refractivity contribution < 1.29 is 0 Å². The molecule has 0 fully saturated rings. The van der Waals surface area contributed by atoms with Crippen LogP contribution in [0.5, 0.6) is 0 Å². The van der Waals surface area contributed by atoms with Crippen LogP contribution in [0.2, 0.25) is 0 Å². The first-order chi connectivity index (χ1) is 33.4. The van der Waals surface area contributed by atoms with Gasteiger partial charge < -0.3 is 4.90 Å². The summed E-state index contributed by atoms with van der Waals surface area (Å²) in [5, 5.41) is 0. The van der Waals surface area contributed by atoms with Crippen LogP contribution >= 0.6 is 34.4 Å². The molecule has 5 aromatic rings. The van der Waals surface area contributed by atoms with Gasteiger partial charge in [0, 0.05) is 34.2 Å². The van der Waals surface area contributed by atoms with Gasteiger partial charge >= 0.3 is 0 Å². The van der Waals surface area contributed by atoms with Crippen LogP contribution in [0.1, 0.15) is 69.9 Å². The number of hydrogen-bond donors (Lipinski definition) is 0. The van der Waals surface area contributed by atoms with Crippen LogP contribution in [0.4, 0.5) is 0 Å². The average Bonchev–Trinajstić information content (AvgIpc) is 3.48. The first-order valence-electron chi connectivity index (χ1n) is 22.9. The summed E-state index contributed by atoms with van der Waals surface area (Å²) in [7, 11) is 0. The number of fused-ring (bicyclic) bond motifs is 1. The Balaban J connectivity index is 1.21. The quantitative estimate of drug-likeness (QED) is 0.0775. The van der Waals surface area contributed by atoms with Crippen molar-refractivity contribution in [1.29, 1.82) is 0 Å². The molecule has 3 heterocycles. The Bertz CT molecular complexity index is 3010. The van der Waals surface area contributed by atoms with E-state index in [2.05, 4.69) is 181 Å². The number of aromatic nitrogens is 2. The SMILES string of the molecule is C=C/C=C(\C=C)c1nc(/C=C/C=C(\C=C)c2ccccc2)cc(/C2=C/C(c3ccc(C4=NC(/C(I)=C/C=C\C)=NCN4Cc4ccccc4)cc3)=C\Cc3ccc(C4C=CC=CC4)cc3SC2)n1. The van der Waals surface area contributed by atoms with E-state index in [0.29, 0.717) is 30.7 Å². The Morgan fingerprint density at radius 3 is 2.34 bits per heavy atom. The first kappa shape index (κ1) is 47.5. The van der Waals surface area contributed by atoms with Crippen molar-refractivity contribution in [3.05, 3.63) is 274 Å². The van der Waals surface area contributed by atoms with Crippen LogP contribution in [0.25, 0.3) is 28.4 Å². The third-order valence-corrected chi connectivity index (χ3v) is 13.7. The van der Waals surface area contributed by atoms with E-state index < -0.39 is 0 Å². The monoisotopic (exact) mass is 1020 g/mol. The lowest BCUT2D eigenvalue weighted by molar-refractivity contribution is 0.422. The van der Waals surface area contributed by atoms with Gasteiger partial charge in [-0.25, -0.2) is 20.0 Å². The Morgan fingerprint density at radius 1 is 0.824 bits per heavy atom. The molecule has 0 radical (unpaired) electrons. The summed E-state index contributed by atoms with van der Waals surface area (Å²) >= 11 is 4.20. The van der Waals surface area contributed by atoms with E-state index >= 15 is 0 Å². The fourth-order valence-electron chi connectivity index (χ4n) is 8.11. The van der Waals surface area contributed by atoms with Crippen molar-refractivity contribution in [3.8, 4) is 0 Å². The smallest absolute Gasteiger partial charge is 0.164 e. The lowest BCUT2D eigenvalue weighted by atomic mass is 9.91. The average molecular weight is 1020 g/mol. The van der Waals surface area contributed by atoms with E-state index in [-0.39, 0.29) is 0 Å². The Morgan fingerprint density at radius 2 is 1.60 bits per heavy atom. The van der Waals surface area contributed by atoms with Crippen molar-refractivity contribution in [1.82, 2.24) is 14.9 Å². The molecule has 1 unspecified atom stereocenters. The topological polar surface area (TPSA) is 53.7 Å². The zero-order chi connectivity index (χ0) is 47.1. The number of nitrogens with zero attached hydrogens (tertiary/aromatic N) is 5. The van der Waals surface area contributed by atoms with Gasteiger partial charge in [-0.3, -0.25) is 0 Å². The standard InChI is InChI=1S/C61H54IN5S/c1-5-9-29-56(62)60-63-43-67(41-44-21-13-10-14-22-44)61(66-60)51-34-30-49(31-35-51)52-36-32-50-33-37-53(48-25-17-12-18-26-48)39-58(50)68-42-54(38-52)57-40-55(64-59(65-57)46(8-4)20-6-2)28-19-27-45(7-3)47-23-15-11-16-24-47/h5-25,27-31,33-40,48H,2-4,26,32,41-43H2,1H3/b9-5-,28-19+,45-27+,46-20+,52-36+,54-38+,56-29-. The van der Waals surface area contributed by atoms with E-state index in [4.69, 9.17) is 20.0 Å². The minimum absolute atomic E-state index is 0.357. The highest BCUT2D eigenvalue weighted by molar-refractivity contribution is 14.1. The number of allylic oxidation sites excluding steroid dienone is 18. The summed E-state index contributed by atoms with van der Waals surface area (Å²) < 4.78 is 0.997. The van der Waals surface area contributed by atoms with Crippen LogP contribution in [0.3, 0.4) is 0 Å². The molecule has 0 bridgehead atoms. The van der Waals surface area contributed by atoms with Gasteiger partial charge in [0.05, 0.1) is 15.0 Å². The van der Waals surface area contributed by atoms with Crippen LogP contribution in [-0.2, 0) is 13.0 Å². The molecular weight excluding hydrogens is 962 g/mol. The van der Waals surface area contributed by atoms with E-state index in [1.807, 2.05) is 79.4 Å². The third-order valence-electron chi connectivity index (χ3n) is 11.7. The molecule has 0 N–H and O–H groups in total. The molecule has 0 amide bonds.